The predicted molar refractivity (Wildman–Crippen MR) is 258 cm³/mol. The topological polar surface area (TPSA) is 47.0 Å². The summed E-state index contributed by atoms with van der Waals surface area (Å²) in [5, 5.41) is 11.7. The lowest BCUT2D eigenvalue weighted by molar-refractivity contribution is 0.661. The summed E-state index contributed by atoms with van der Waals surface area (Å²) in [6.07, 6.45) is 11.5. The Kier molecular flexibility index (Phi) is 9.31. The first-order valence-corrected chi connectivity index (χ1v) is 21.0. The van der Waals surface area contributed by atoms with E-state index in [2.05, 4.69) is 177 Å². The van der Waals surface area contributed by atoms with Crippen molar-refractivity contribution in [2.45, 2.75) is 38.6 Å². The van der Waals surface area contributed by atoms with Crippen molar-refractivity contribution in [2.75, 3.05) is 5.32 Å². The number of nitrogens with one attached hydrogen (secondary N) is 1. The van der Waals surface area contributed by atoms with E-state index in [4.69, 9.17) is 0 Å². The van der Waals surface area contributed by atoms with Crippen LogP contribution in [-0.4, -0.2) is 0 Å². The zero-order chi connectivity index (χ0) is 39.5. The van der Waals surface area contributed by atoms with Crippen LogP contribution in [-0.2, 0) is 24.8 Å². The Labute approximate surface area is 353 Å². The van der Waals surface area contributed by atoms with Gasteiger partial charge in [0.25, 0.3) is 0 Å². The van der Waals surface area contributed by atoms with Crippen LogP contribution >= 0.6 is 0 Å². The number of hydrogen-bond donors (Lipinski definition) is 2. The van der Waals surface area contributed by atoms with Crippen LogP contribution in [0.3, 0.4) is 0 Å². The average Bonchev–Trinajstić information content (AvgIpc) is 3.52. The average molecular weight is 773 g/mol. The molecule has 4 N–H and O–H groups in total. The van der Waals surface area contributed by atoms with Crippen LogP contribution in [0.4, 0.5) is 5.69 Å². The highest BCUT2D eigenvalue weighted by Crippen LogP contribution is 2.54. The fourth-order valence-corrected chi connectivity index (χ4v) is 10.2. The van der Waals surface area contributed by atoms with Gasteiger partial charge in [0, 0.05) is 17.6 Å². The third kappa shape index (κ3) is 6.06. The Balaban J connectivity index is 0.000000572. The molecule has 0 atom stereocenters. The van der Waals surface area contributed by atoms with E-state index in [9.17, 15) is 0 Å². The van der Waals surface area contributed by atoms with Gasteiger partial charge in [0.2, 0.25) is 0 Å². The van der Waals surface area contributed by atoms with Gasteiger partial charge >= 0.3 is 0 Å². The maximum Gasteiger partial charge on any atom is 0.0401 e. The second-order valence-corrected chi connectivity index (χ2v) is 16.8. The highest BCUT2D eigenvalue weighted by Gasteiger charge is 2.36. The van der Waals surface area contributed by atoms with Crippen LogP contribution in [0.5, 0.6) is 0 Å². The van der Waals surface area contributed by atoms with Gasteiger partial charge in [-0.25, -0.2) is 0 Å². The Morgan fingerprint density at radius 2 is 1.12 bits per heavy atom. The van der Waals surface area contributed by atoms with Gasteiger partial charge in [-0.15, -0.1) is 0 Å². The molecule has 0 saturated carbocycles. The molecule has 0 bridgehead atoms. The third-order valence-electron chi connectivity index (χ3n) is 12.9. The van der Waals surface area contributed by atoms with Crippen LogP contribution in [0.1, 0.15) is 52.8 Å². The van der Waals surface area contributed by atoms with Crippen molar-refractivity contribution in [3.8, 4) is 33.4 Å². The van der Waals surface area contributed by atoms with E-state index in [1.807, 2.05) is 36.4 Å². The molecule has 0 fully saturated rings. The molecule has 3 aliphatic rings. The van der Waals surface area contributed by atoms with Gasteiger partial charge in [0.15, 0.2) is 0 Å². The molecule has 290 valence electrons. The number of anilines is 1. The molecule has 12 rings (SSSR count). The minimum atomic E-state index is -0.109. The highest BCUT2D eigenvalue weighted by molar-refractivity contribution is 6.24. The standard InChI is InChI=1S/C52H39N.C6H6.H3N/c1-52(2)46-24-9-8-20-38(46)42-29-44-45(30-47(42)52)49(35-16-10-13-32(27-35)31-53-37-18-4-3-5-19-37)39-21-6-7-22-40(39)51(44)43-28-36-17-11-14-33-25-26-34-15-12-23-41(43)50(34)48(33)36;1-2-4-6-5-3-1;/h3-13,16-30,53H,14-15,31H2,1-2H3;1-6H;1H3. The van der Waals surface area contributed by atoms with Crippen molar-refractivity contribution in [1.29, 1.82) is 0 Å². The van der Waals surface area contributed by atoms with Crippen LogP contribution in [0, 0.1) is 0 Å². The molecule has 0 aromatic heterocycles. The molecule has 2 nitrogen and oxygen atoms in total. The van der Waals surface area contributed by atoms with Gasteiger partial charge in [-0.05, 0) is 154 Å². The lowest BCUT2D eigenvalue weighted by Gasteiger charge is -2.26. The first-order chi connectivity index (χ1) is 29.0. The summed E-state index contributed by atoms with van der Waals surface area (Å²) in [5.74, 6) is 0. The highest BCUT2D eigenvalue weighted by atomic mass is 14.9. The van der Waals surface area contributed by atoms with E-state index in [1.54, 1.807) is 0 Å². The first-order valence-electron chi connectivity index (χ1n) is 21.0. The van der Waals surface area contributed by atoms with E-state index >= 15 is 0 Å². The van der Waals surface area contributed by atoms with Crippen molar-refractivity contribution >= 4 is 50.2 Å². The molecule has 2 heteroatoms. The molecule has 0 spiro atoms. The monoisotopic (exact) mass is 772 g/mol. The molecule has 0 unspecified atom stereocenters. The smallest absolute Gasteiger partial charge is 0.0401 e. The molecule has 3 aliphatic carbocycles. The lowest BCUT2D eigenvalue weighted by Crippen LogP contribution is -2.14. The predicted octanol–water partition coefficient (Wildman–Crippen LogP) is 15.4. The summed E-state index contributed by atoms with van der Waals surface area (Å²) in [7, 11) is 0. The summed E-state index contributed by atoms with van der Waals surface area (Å²) in [6, 6.07) is 62.2. The fourth-order valence-electron chi connectivity index (χ4n) is 10.2. The summed E-state index contributed by atoms with van der Waals surface area (Å²) in [6.45, 7) is 5.56. The van der Waals surface area contributed by atoms with Crippen molar-refractivity contribution in [1.82, 2.24) is 6.15 Å². The number of para-hydroxylation sites is 1. The van der Waals surface area contributed by atoms with Gasteiger partial charge in [0.05, 0.1) is 0 Å². The summed E-state index contributed by atoms with van der Waals surface area (Å²) in [5.41, 5.74) is 18.6. The minimum Gasteiger partial charge on any atom is -0.381 e. The normalized spacial score (nSPS) is 13.6. The molecule has 0 saturated heterocycles. The van der Waals surface area contributed by atoms with Crippen LogP contribution in [0.25, 0.3) is 77.9 Å². The molecular formula is C58H48N2. The second-order valence-electron chi connectivity index (χ2n) is 16.8. The van der Waals surface area contributed by atoms with E-state index in [0.717, 1.165) is 25.1 Å². The molecule has 9 aromatic carbocycles. The Morgan fingerprint density at radius 3 is 1.88 bits per heavy atom. The van der Waals surface area contributed by atoms with E-state index in [1.165, 1.54) is 105 Å². The van der Waals surface area contributed by atoms with Crippen LogP contribution in [0.15, 0.2) is 182 Å². The summed E-state index contributed by atoms with van der Waals surface area (Å²) < 4.78 is 0. The number of rotatable bonds is 5. The van der Waals surface area contributed by atoms with E-state index in [0.29, 0.717) is 0 Å². The number of hydrogen-bond acceptors (Lipinski definition) is 2. The number of allylic oxidation sites excluding steroid dienone is 2. The maximum atomic E-state index is 3.64. The van der Waals surface area contributed by atoms with Gasteiger partial charge in [-0.1, -0.05) is 172 Å². The van der Waals surface area contributed by atoms with Crippen LogP contribution < -0.4 is 11.5 Å². The minimum absolute atomic E-state index is 0. The van der Waals surface area contributed by atoms with Gasteiger partial charge in [-0.2, -0.15) is 0 Å². The molecule has 0 radical (unpaired) electrons. The molecular weight excluding hydrogens is 725 g/mol. The molecule has 0 heterocycles. The van der Waals surface area contributed by atoms with Gasteiger partial charge in [-0.3, -0.25) is 0 Å². The Bertz CT molecular complexity index is 3140. The Hall–Kier alpha value is -7.00. The zero-order valence-electron chi connectivity index (χ0n) is 34.3. The largest absolute Gasteiger partial charge is 0.381 e. The van der Waals surface area contributed by atoms with Crippen LogP contribution in [0.2, 0.25) is 0 Å². The molecule has 0 amide bonds. The molecule has 60 heavy (non-hydrogen) atoms. The van der Waals surface area contributed by atoms with Gasteiger partial charge in [0.1, 0.15) is 0 Å². The maximum absolute atomic E-state index is 3.64. The second kappa shape index (κ2) is 15.0. The summed E-state index contributed by atoms with van der Waals surface area (Å²) >= 11 is 0. The van der Waals surface area contributed by atoms with E-state index in [-0.39, 0.29) is 11.6 Å². The molecule has 9 aromatic rings. The first kappa shape index (κ1) is 37.3. The zero-order valence-corrected chi connectivity index (χ0v) is 34.3. The molecule has 0 aliphatic heterocycles. The number of benzene rings is 9. The Morgan fingerprint density at radius 1 is 0.483 bits per heavy atom. The lowest BCUT2D eigenvalue weighted by atomic mass is 9.77. The van der Waals surface area contributed by atoms with Crippen molar-refractivity contribution in [2.24, 2.45) is 0 Å². The van der Waals surface area contributed by atoms with Crippen molar-refractivity contribution in [3.63, 3.8) is 0 Å². The fraction of sp³-hybridized carbons (Fsp3) is 0.103. The summed E-state index contributed by atoms with van der Waals surface area (Å²) in [4.78, 5) is 0. The van der Waals surface area contributed by atoms with E-state index < -0.39 is 0 Å². The van der Waals surface area contributed by atoms with Crippen molar-refractivity contribution in [3.05, 3.63) is 221 Å². The quantitative estimate of drug-likeness (QED) is 0.171. The van der Waals surface area contributed by atoms with Crippen molar-refractivity contribution < 1.29 is 0 Å². The number of fused-ring (bicyclic) bond motifs is 5. The third-order valence-corrected chi connectivity index (χ3v) is 12.9. The van der Waals surface area contributed by atoms with Gasteiger partial charge < -0.3 is 11.5 Å². The SMILES string of the molecule is CC1(C)c2ccccc2-c2cc3c(-c4cc5c6c(ccc7c6c4C=CC7)CC=C5)c4ccccc4c(-c4cccc(CNc5ccccc5)c4)c3cc21.N.c1ccccc1.